The molecule has 0 spiro atoms. The summed E-state index contributed by atoms with van der Waals surface area (Å²) in [4.78, 5) is 0. The average Bonchev–Trinajstić information content (AvgIpc) is 2.86. The van der Waals surface area contributed by atoms with Crippen molar-refractivity contribution >= 4 is 0 Å². The lowest BCUT2D eigenvalue weighted by molar-refractivity contribution is 0.289. The summed E-state index contributed by atoms with van der Waals surface area (Å²) in [6.45, 7) is 3.78. The molecule has 0 N–H and O–H groups in total. The molecule has 3 aromatic rings. The molecular weight excluding hydrogens is 459 g/mol. The van der Waals surface area contributed by atoms with Crippen LogP contribution >= 0.6 is 0 Å². The van der Waals surface area contributed by atoms with E-state index in [4.69, 9.17) is 4.74 Å². The molecule has 1 nitrogen and oxygen atoms in total. The molecule has 1 aliphatic carbocycles. The van der Waals surface area contributed by atoms with E-state index in [1.807, 2.05) is 6.92 Å². The maximum Gasteiger partial charge on any atom is 0.201 e. The standard InChI is InChI=1S/C29H29F5O/c1-3-4-15-35-25-14-13-23(28(33)29(25)34)22-12-10-20(16-24(22)30)18-6-8-19(9-7-18)21-11-5-17(2)26(31)27(21)32/h5,10-14,16,18-19H,3-4,6-9,15H2,1-2H3. The van der Waals surface area contributed by atoms with Crippen LogP contribution in [0, 0.1) is 36.0 Å². The lowest BCUT2D eigenvalue weighted by Gasteiger charge is -2.29. The third kappa shape index (κ3) is 5.21. The molecular formula is C29H29F5O. The molecule has 0 saturated heterocycles. The van der Waals surface area contributed by atoms with E-state index in [0.717, 1.165) is 18.4 Å². The summed E-state index contributed by atoms with van der Waals surface area (Å²) in [6.07, 6.45) is 4.30. The second-order valence-corrected chi connectivity index (χ2v) is 9.33. The van der Waals surface area contributed by atoms with Crippen molar-refractivity contribution in [3.8, 4) is 16.9 Å². The minimum atomic E-state index is -1.14. The molecule has 0 aliphatic heterocycles. The molecule has 3 aromatic carbocycles. The highest BCUT2D eigenvalue weighted by atomic mass is 19.2. The van der Waals surface area contributed by atoms with Crippen molar-refractivity contribution in [2.45, 2.75) is 64.2 Å². The Kier molecular flexibility index (Phi) is 7.78. The summed E-state index contributed by atoms with van der Waals surface area (Å²) in [7, 11) is 0. The maximum absolute atomic E-state index is 15.0. The summed E-state index contributed by atoms with van der Waals surface area (Å²) in [6, 6.07) is 10.5. The molecule has 35 heavy (non-hydrogen) atoms. The predicted molar refractivity (Wildman–Crippen MR) is 127 cm³/mol. The van der Waals surface area contributed by atoms with Crippen LogP contribution in [-0.2, 0) is 0 Å². The van der Waals surface area contributed by atoms with Gasteiger partial charge in [0.2, 0.25) is 5.82 Å². The Hall–Kier alpha value is -2.89. The Morgan fingerprint density at radius 2 is 1.43 bits per heavy atom. The largest absolute Gasteiger partial charge is 0.490 e. The monoisotopic (exact) mass is 488 g/mol. The van der Waals surface area contributed by atoms with Gasteiger partial charge in [0.15, 0.2) is 23.2 Å². The van der Waals surface area contributed by atoms with Gasteiger partial charge in [-0.15, -0.1) is 0 Å². The molecule has 0 radical (unpaired) electrons. The number of rotatable bonds is 7. The Morgan fingerprint density at radius 3 is 2.11 bits per heavy atom. The molecule has 1 aliphatic rings. The summed E-state index contributed by atoms with van der Waals surface area (Å²) in [5.41, 5.74) is 1.27. The van der Waals surface area contributed by atoms with Crippen molar-refractivity contribution in [1.29, 1.82) is 0 Å². The normalized spacial score (nSPS) is 18.0. The SMILES string of the molecule is CCCCOc1ccc(-c2ccc(C3CCC(c4ccc(C)c(F)c4F)CC3)cc2F)c(F)c1F. The van der Waals surface area contributed by atoms with Crippen molar-refractivity contribution in [2.75, 3.05) is 6.61 Å². The van der Waals surface area contributed by atoms with Crippen LogP contribution < -0.4 is 4.74 Å². The smallest absolute Gasteiger partial charge is 0.201 e. The quantitative estimate of drug-likeness (QED) is 0.238. The first-order chi connectivity index (χ1) is 16.8. The van der Waals surface area contributed by atoms with Gasteiger partial charge in [-0.3, -0.25) is 0 Å². The van der Waals surface area contributed by atoms with Gasteiger partial charge in [-0.05, 0) is 85.8 Å². The van der Waals surface area contributed by atoms with Crippen LogP contribution in [0.15, 0.2) is 42.5 Å². The van der Waals surface area contributed by atoms with Crippen molar-refractivity contribution < 1.29 is 26.7 Å². The molecule has 0 atom stereocenters. The molecule has 186 valence electrons. The van der Waals surface area contributed by atoms with Crippen LogP contribution in [0.5, 0.6) is 5.75 Å². The van der Waals surface area contributed by atoms with Crippen LogP contribution in [0.4, 0.5) is 22.0 Å². The van der Waals surface area contributed by atoms with Crippen LogP contribution in [0.25, 0.3) is 11.1 Å². The van der Waals surface area contributed by atoms with E-state index in [1.165, 1.54) is 31.2 Å². The fourth-order valence-corrected chi connectivity index (χ4v) is 4.90. The third-order valence-electron chi connectivity index (χ3n) is 7.03. The van der Waals surface area contributed by atoms with Gasteiger partial charge in [0.25, 0.3) is 0 Å². The topological polar surface area (TPSA) is 9.23 Å². The number of benzene rings is 3. The Labute approximate surface area is 202 Å². The predicted octanol–water partition coefficient (Wildman–Crippen LogP) is 8.98. The second-order valence-electron chi connectivity index (χ2n) is 9.33. The molecule has 0 unspecified atom stereocenters. The highest BCUT2D eigenvalue weighted by molar-refractivity contribution is 5.66. The minimum Gasteiger partial charge on any atom is -0.490 e. The zero-order valence-electron chi connectivity index (χ0n) is 19.9. The lowest BCUT2D eigenvalue weighted by atomic mass is 9.75. The van der Waals surface area contributed by atoms with E-state index < -0.39 is 29.1 Å². The Balaban J connectivity index is 1.48. The van der Waals surface area contributed by atoms with Crippen molar-refractivity contribution in [3.05, 3.63) is 88.2 Å². The number of hydrogen-bond acceptors (Lipinski definition) is 1. The van der Waals surface area contributed by atoms with Gasteiger partial charge >= 0.3 is 0 Å². The average molecular weight is 489 g/mol. The highest BCUT2D eigenvalue weighted by Crippen LogP contribution is 2.42. The first-order valence-corrected chi connectivity index (χ1v) is 12.2. The van der Waals surface area contributed by atoms with Gasteiger partial charge in [0, 0.05) is 11.1 Å². The van der Waals surface area contributed by atoms with Crippen molar-refractivity contribution in [2.24, 2.45) is 0 Å². The maximum atomic E-state index is 15.0. The summed E-state index contributed by atoms with van der Waals surface area (Å²) in [5, 5.41) is 0. The molecule has 4 rings (SSSR count). The zero-order chi connectivity index (χ0) is 25.1. The van der Waals surface area contributed by atoms with Crippen LogP contribution in [0.3, 0.4) is 0 Å². The zero-order valence-corrected chi connectivity index (χ0v) is 19.9. The third-order valence-corrected chi connectivity index (χ3v) is 7.03. The van der Waals surface area contributed by atoms with Gasteiger partial charge < -0.3 is 4.74 Å². The van der Waals surface area contributed by atoms with E-state index in [-0.39, 0.29) is 40.9 Å². The fraction of sp³-hybridized carbons (Fsp3) is 0.379. The molecule has 0 heterocycles. The number of halogens is 5. The first kappa shape index (κ1) is 25.2. The summed E-state index contributed by atoms with van der Waals surface area (Å²) >= 11 is 0. The second kappa shape index (κ2) is 10.8. The van der Waals surface area contributed by atoms with Gasteiger partial charge in [-0.1, -0.05) is 37.6 Å². The van der Waals surface area contributed by atoms with Gasteiger partial charge in [-0.2, -0.15) is 4.39 Å². The molecule has 0 aromatic heterocycles. The Morgan fingerprint density at radius 1 is 0.743 bits per heavy atom. The minimum absolute atomic E-state index is 0.0175. The van der Waals surface area contributed by atoms with E-state index in [2.05, 4.69) is 0 Å². The number of aryl methyl sites for hydroxylation is 1. The number of unbranched alkanes of at least 4 members (excludes halogenated alkanes) is 1. The Bertz CT molecular complexity index is 1200. The molecule has 6 heteroatoms. The van der Waals surface area contributed by atoms with Crippen LogP contribution in [0.2, 0.25) is 0 Å². The highest BCUT2D eigenvalue weighted by Gasteiger charge is 2.27. The van der Waals surface area contributed by atoms with Gasteiger partial charge in [0.05, 0.1) is 6.61 Å². The van der Waals surface area contributed by atoms with E-state index in [9.17, 15) is 17.6 Å². The molecule has 0 amide bonds. The van der Waals surface area contributed by atoms with E-state index in [1.54, 1.807) is 18.2 Å². The van der Waals surface area contributed by atoms with E-state index >= 15 is 4.39 Å². The van der Waals surface area contributed by atoms with Gasteiger partial charge in [0.1, 0.15) is 5.82 Å². The van der Waals surface area contributed by atoms with Gasteiger partial charge in [-0.25, -0.2) is 17.6 Å². The lowest BCUT2D eigenvalue weighted by Crippen LogP contribution is -2.14. The van der Waals surface area contributed by atoms with E-state index in [0.29, 0.717) is 31.2 Å². The summed E-state index contributed by atoms with van der Waals surface area (Å²) < 4.78 is 77.8. The number of hydrogen-bond donors (Lipinski definition) is 0. The van der Waals surface area contributed by atoms with Crippen LogP contribution in [0.1, 0.15) is 74.0 Å². The fourth-order valence-electron chi connectivity index (χ4n) is 4.90. The summed E-state index contributed by atoms with van der Waals surface area (Å²) in [5.74, 6) is -4.68. The molecule has 1 fully saturated rings. The van der Waals surface area contributed by atoms with Crippen LogP contribution in [-0.4, -0.2) is 6.61 Å². The number of ether oxygens (including phenoxy) is 1. The molecule has 1 saturated carbocycles. The first-order valence-electron chi connectivity index (χ1n) is 12.2. The molecule has 0 bridgehead atoms. The van der Waals surface area contributed by atoms with Crippen molar-refractivity contribution in [1.82, 2.24) is 0 Å². The van der Waals surface area contributed by atoms with Crippen molar-refractivity contribution in [3.63, 3.8) is 0 Å².